The number of rotatable bonds is 6. The van der Waals surface area contributed by atoms with Crippen molar-refractivity contribution in [2.24, 2.45) is 0 Å². The number of fused-ring (bicyclic) bond motifs is 1. The zero-order valence-electron chi connectivity index (χ0n) is 13.4. The van der Waals surface area contributed by atoms with Crippen LogP contribution in [0.1, 0.15) is 25.3 Å². The van der Waals surface area contributed by atoms with Crippen LogP contribution in [-0.2, 0) is 11.3 Å². The van der Waals surface area contributed by atoms with E-state index in [4.69, 9.17) is 4.74 Å². The summed E-state index contributed by atoms with van der Waals surface area (Å²) in [5, 5.41) is 3.40. The molecule has 0 atom stereocenters. The van der Waals surface area contributed by atoms with Crippen molar-refractivity contribution in [3.05, 3.63) is 54.1 Å². The first-order valence-electron chi connectivity index (χ1n) is 8.13. The first kappa shape index (κ1) is 15.4. The molecule has 0 fully saturated rings. The first-order valence-corrected chi connectivity index (χ1v) is 8.13. The number of carbonyl (C=O) groups is 1. The molecule has 2 aromatic rings. The Balaban J connectivity index is 1.72. The number of hydrogen-bond acceptors (Lipinski definition) is 3. The summed E-state index contributed by atoms with van der Waals surface area (Å²) in [5.74, 6) is 0.815. The van der Waals surface area contributed by atoms with Gasteiger partial charge in [0, 0.05) is 24.8 Å². The fourth-order valence-corrected chi connectivity index (χ4v) is 2.68. The highest BCUT2D eigenvalue weighted by Gasteiger charge is 2.25. The lowest BCUT2D eigenvalue weighted by molar-refractivity contribution is -0.121. The third-order valence-electron chi connectivity index (χ3n) is 3.98. The largest absolute Gasteiger partial charge is 0.481 e. The summed E-state index contributed by atoms with van der Waals surface area (Å²) in [6.45, 7) is 3.77. The summed E-state index contributed by atoms with van der Waals surface area (Å²) in [7, 11) is 0. The molecule has 1 aliphatic rings. The van der Waals surface area contributed by atoms with Gasteiger partial charge in [-0.1, -0.05) is 43.7 Å². The van der Waals surface area contributed by atoms with E-state index < -0.39 is 0 Å². The van der Waals surface area contributed by atoms with E-state index in [2.05, 4.69) is 24.4 Å². The fourth-order valence-electron chi connectivity index (χ4n) is 2.68. The number of amides is 1. The average molecular weight is 310 g/mol. The highest BCUT2D eigenvalue weighted by molar-refractivity contribution is 5.98. The van der Waals surface area contributed by atoms with Gasteiger partial charge < -0.3 is 15.0 Å². The van der Waals surface area contributed by atoms with Crippen molar-refractivity contribution in [1.29, 1.82) is 0 Å². The van der Waals surface area contributed by atoms with Gasteiger partial charge in [-0.15, -0.1) is 0 Å². The SMILES string of the molecule is CCCCN1C(=O)COc2cc(NCc3ccccc3)ccc21. The highest BCUT2D eigenvalue weighted by Crippen LogP contribution is 2.34. The Morgan fingerprint density at radius 1 is 1.17 bits per heavy atom. The van der Waals surface area contributed by atoms with Crippen LogP contribution in [0.2, 0.25) is 0 Å². The molecule has 2 aromatic carbocycles. The molecule has 1 amide bonds. The van der Waals surface area contributed by atoms with E-state index in [0.717, 1.165) is 43.1 Å². The standard InChI is InChI=1S/C19H22N2O2/c1-2-3-11-21-17-10-9-16(12-18(17)23-14-19(21)22)20-13-15-7-5-4-6-8-15/h4-10,12,20H,2-3,11,13-14H2,1H3. The second-order valence-electron chi connectivity index (χ2n) is 5.71. The van der Waals surface area contributed by atoms with Gasteiger partial charge in [0.25, 0.3) is 5.91 Å². The van der Waals surface area contributed by atoms with Crippen molar-refractivity contribution in [1.82, 2.24) is 0 Å². The second-order valence-corrected chi connectivity index (χ2v) is 5.71. The van der Waals surface area contributed by atoms with Crippen LogP contribution < -0.4 is 15.0 Å². The van der Waals surface area contributed by atoms with Gasteiger partial charge in [-0.25, -0.2) is 0 Å². The fraction of sp³-hybridized carbons (Fsp3) is 0.316. The van der Waals surface area contributed by atoms with Crippen LogP contribution in [0.25, 0.3) is 0 Å². The lowest BCUT2D eigenvalue weighted by Gasteiger charge is -2.29. The predicted octanol–water partition coefficient (Wildman–Crippen LogP) is 3.82. The van der Waals surface area contributed by atoms with Crippen LogP contribution >= 0.6 is 0 Å². The number of nitrogens with zero attached hydrogens (tertiary/aromatic N) is 1. The third-order valence-corrected chi connectivity index (χ3v) is 3.98. The summed E-state index contributed by atoms with van der Waals surface area (Å²) in [5.41, 5.74) is 3.10. The Bertz CT molecular complexity index is 670. The van der Waals surface area contributed by atoms with Crippen LogP contribution in [0.4, 0.5) is 11.4 Å². The molecule has 4 nitrogen and oxygen atoms in total. The summed E-state index contributed by atoms with van der Waals surface area (Å²) in [4.78, 5) is 13.9. The highest BCUT2D eigenvalue weighted by atomic mass is 16.5. The lowest BCUT2D eigenvalue weighted by atomic mass is 10.1. The maximum Gasteiger partial charge on any atom is 0.265 e. The molecule has 0 unspecified atom stereocenters. The van der Waals surface area contributed by atoms with Gasteiger partial charge in [0.05, 0.1) is 5.69 Å². The number of unbranched alkanes of at least 4 members (excludes halogenated alkanes) is 1. The summed E-state index contributed by atoms with van der Waals surface area (Å²) < 4.78 is 5.61. The zero-order valence-corrected chi connectivity index (χ0v) is 13.4. The zero-order chi connectivity index (χ0) is 16.1. The molecular weight excluding hydrogens is 288 g/mol. The maximum absolute atomic E-state index is 12.0. The van der Waals surface area contributed by atoms with E-state index >= 15 is 0 Å². The van der Waals surface area contributed by atoms with E-state index in [-0.39, 0.29) is 12.5 Å². The lowest BCUT2D eigenvalue weighted by Crippen LogP contribution is -2.39. The van der Waals surface area contributed by atoms with Crippen molar-refractivity contribution in [3.63, 3.8) is 0 Å². The van der Waals surface area contributed by atoms with E-state index in [0.29, 0.717) is 0 Å². The molecule has 120 valence electrons. The first-order chi connectivity index (χ1) is 11.3. The smallest absolute Gasteiger partial charge is 0.265 e. The molecular formula is C19H22N2O2. The minimum Gasteiger partial charge on any atom is -0.481 e. The summed E-state index contributed by atoms with van der Waals surface area (Å²) >= 11 is 0. The Labute approximate surface area is 137 Å². The second kappa shape index (κ2) is 7.18. The molecule has 1 N–H and O–H groups in total. The van der Waals surface area contributed by atoms with Crippen LogP contribution in [-0.4, -0.2) is 19.1 Å². The topological polar surface area (TPSA) is 41.6 Å². The van der Waals surface area contributed by atoms with Gasteiger partial charge in [0.2, 0.25) is 0 Å². The number of benzene rings is 2. The van der Waals surface area contributed by atoms with Crippen LogP contribution in [0.3, 0.4) is 0 Å². The molecule has 0 saturated heterocycles. The molecule has 1 aliphatic heterocycles. The normalized spacial score (nSPS) is 13.4. The maximum atomic E-state index is 12.0. The molecule has 4 heteroatoms. The predicted molar refractivity (Wildman–Crippen MR) is 93.0 cm³/mol. The molecule has 0 saturated carbocycles. The Morgan fingerprint density at radius 3 is 2.78 bits per heavy atom. The van der Waals surface area contributed by atoms with E-state index in [1.165, 1.54) is 5.56 Å². The molecule has 0 bridgehead atoms. The summed E-state index contributed by atoms with van der Waals surface area (Å²) in [6, 6.07) is 16.2. The average Bonchev–Trinajstić information content (AvgIpc) is 2.60. The summed E-state index contributed by atoms with van der Waals surface area (Å²) in [6.07, 6.45) is 2.07. The van der Waals surface area contributed by atoms with E-state index in [1.807, 2.05) is 41.3 Å². The van der Waals surface area contributed by atoms with Crippen LogP contribution in [0.15, 0.2) is 48.5 Å². The van der Waals surface area contributed by atoms with E-state index in [1.54, 1.807) is 0 Å². The molecule has 0 aromatic heterocycles. The molecule has 23 heavy (non-hydrogen) atoms. The van der Waals surface area contributed by atoms with Crippen molar-refractivity contribution in [2.45, 2.75) is 26.3 Å². The quantitative estimate of drug-likeness (QED) is 0.882. The molecule has 0 spiro atoms. The van der Waals surface area contributed by atoms with E-state index in [9.17, 15) is 4.79 Å². The van der Waals surface area contributed by atoms with Crippen molar-refractivity contribution < 1.29 is 9.53 Å². The van der Waals surface area contributed by atoms with Crippen molar-refractivity contribution >= 4 is 17.3 Å². The Kier molecular flexibility index (Phi) is 4.81. The number of carbonyl (C=O) groups excluding carboxylic acids is 1. The number of nitrogens with one attached hydrogen (secondary N) is 1. The minimum atomic E-state index is 0.0379. The van der Waals surface area contributed by atoms with Crippen LogP contribution in [0, 0.1) is 0 Å². The van der Waals surface area contributed by atoms with Gasteiger partial charge in [-0.2, -0.15) is 0 Å². The molecule has 0 radical (unpaired) electrons. The van der Waals surface area contributed by atoms with Crippen LogP contribution in [0.5, 0.6) is 5.75 Å². The monoisotopic (exact) mass is 310 g/mol. The number of hydrogen-bond donors (Lipinski definition) is 1. The van der Waals surface area contributed by atoms with Gasteiger partial charge in [0.15, 0.2) is 6.61 Å². The number of ether oxygens (including phenoxy) is 1. The molecule has 1 heterocycles. The van der Waals surface area contributed by atoms with Gasteiger partial charge in [-0.05, 0) is 24.1 Å². The Morgan fingerprint density at radius 2 is 2.00 bits per heavy atom. The van der Waals surface area contributed by atoms with Gasteiger partial charge in [0.1, 0.15) is 5.75 Å². The van der Waals surface area contributed by atoms with Crippen molar-refractivity contribution in [3.8, 4) is 5.75 Å². The third kappa shape index (κ3) is 3.65. The minimum absolute atomic E-state index is 0.0379. The Hall–Kier alpha value is -2.49. The van der Waals surface area contributed by atoms with Gasteiger partial charge >= 0.3 is 0 Å². The number of anilines is 2. The van der Waals surface area contributed by atoms with Gasteiger partial charge in [-0.3, -0.25) is 4.79 Å². The molecule has 0 aliphatic carbocycles. The van der Waals surface area contributed by atoms with Crippen molar-refractivity contribution in [2.75, 3.05) is 23.4 Å². The molecule has 3 rings (SSSR count).